The predicted molar refractivity (Wildman–Crippen MR) is 61.0 cm³/mol. The van der Waals surface area contributed by atoms with Crippen molar-refractivity contribution in [2.24, 2.45) is 0 Å². The smallest absolute Gasteiger partial charge is 0.274 e. The molecule has 0 amide bonds. The van der Waals surface area contributed by atoms with Gasteiger partial charge in [0.05, 0.1) is 18.4 Å². The van der Waals surface area contributed by atoms with Gasteiger partial charge in [0.2, 0.25) is 9.05 Å². The number of halogens is 3. The summed E-state index contributed by atoms with van der Waals surface area (Å²) >= 11 is 0. The van der Waals surface area contributed by atoms with Gasteiger partial charge in [0.1, 0.15) is 5.75 Å². The van der Waals surface area contributed by atoms with Crippen LogP contribution in [0.5, 0.6) is 5.75 Å². The van der Waals surface area contributed by atoms with E-state index in [4.69, 9.17) is 15.4 Å². The first kappa shape index (κ1) is 14.2. The number of hydrogen-bond donors (Lipinski definition) is 0. The highest BCUT2D eigenvalue weighted by Gasteiger charge is 2.29. The number of rotatable bonds is 4. The Morgan fingerprint density at radius 3 is 2.41 bits per heavy atom. The van der Waals surface area contributed by atoms with Crippen LogP contribution >= 0.6 is 10.7 Å². The van der Waals surface area contributed by atoms with Crippen molar-refractivity contribution in [3.8, 4) is 5.75 Å². The van der Waals surface area contributed by atoms with Gasteiger partial charge in [0.25, 0.3) is 5.92 Å². The number of benzene rings is 1. The maximum atomic E-state index is 13.3. The molecule has 1 aromatic rings. The maximum Gasteiger partial charge on any atom is 0.274 e. The molecule has 17 heavy (non-hydrogen) atoms. The van der Waals surface area contributed by atoms with Crippen LogP contribution in [0, 0.1) is 0 Å². The first-order valence-corrected chi connectivity index (χ1v) is 7.09. The topological polar surface area (TPSA) is 43.4 Å². The second-order valence-corrected chi connectivity index (χ2v) is 6.38. The van der Waals surface area contributed by atoms with Crippen molar-refractivity contribution in [2.75, 3.05) is 7.11 Å². The molecule has 0 saturated carbocycles. The van der Waals surface area contributed by atoms with Gasteiger partial charge in [-0.15, -0.1) is 0 Å². The summed E-state index contributed by atoms with van der Waals surface area (Å²) in [6.45, 7) is 0.712. The molecule has 0 aliphatic heterocycles. The van der Waals surface area contributed by atoms with Crippen LogP contribution in [0.25, 0.3) is 0 Å². The van der Waals surface area contributed by atoms with Crippen LogP contribution in [-0.4, -0.2) is 15.5 Å². The van der Waals surface area contributed by atoms with Gasteiger partial charge in [-0.05, 0) is 17.7 Å². The molecule has 0 unspecified atom stereocenters. The van der Waals surface area contributed by atoms with Crippen LogP contribution in [0.15, 0.2) is 18.2 Å². The third-order valence-electron chi connectivity index (χ3n) is 2.08. The number of methoxy groups -OCH3 is 1. The molecule has 3 nitrogen and oxygen atoms in total. The van der Waals surface area contributed by atoms with Crippen molar-refractivity contribution >= 4 is 19.7 Å². The molecule has 0 heterocycles. The molecule has 1 rings (SSSR count). The zero-order valence-corrected chi connectivity index (χ0v) is 10.8. The quantitative estimate of drug-likeness (QED) is 0.799. The normalized spacial score (nSPS) is 12.5. The van der Waals surface area contributed by atoms with E-state index in [2.05, 4.69) is 0 Å². The minimum absolute atomic E-state index is 0.00761. The lowest BCUT2D eigenvalue weighted by Gasteiger charge is -2.15. The van der Waals surface area contributed by atoms with Gasteiger partial charge in [0.15, 0.2) is 0 Å². The van der Waals surface area contributed by atoms with E-state index < -0.39 is 20.7 Å². The lowest BCUT2D eigenvalue weighted by Crippen LogP contribution is -2.10. The minimum Gasteiger partial charge on any atom is -0.496 e. The molecule has 0 radical (unpaired) electrons. The molecule has 0 atom stereocenters. The van der Waals surface area contributed by atoms with Crippen LogP contribution in [0.2, 0.25) is 0 Å². The van der Waals surface area contributed by atoms with Crippen LogP contribution in [0.1, 0.15) is 18.1 Å². The van der Waals surface area contributed by atoms with Gasteiger partial charge in [-0.1, -0.05) is 6.07 Å². The molecule has 7 heteroatoms. The summed E-state index contributed by atoms with van der Waals surface area (Å²) in [5.74, 6) is -3.60. The fourth-order valence-electron chi connectivity index (χ4n) is 1.39. The summed E-state index contributed by atoms with van der Waals surface area (Å²) in [6, 6.07) is 3.76. The highest BCUT2D eigenvalue weighted by Crippen LogP contribution is 2.35. The lowest BCUT2D eigenvalue weighted by molar-refractivity contribution is 0.0150. The Morgan fingerprint density at radius 1 is 1.41 bits per heavy atom. The van der Waals surface area contributed by atoms with Gasteiger partial charge in [-0.25, -0.2) is 17.2 Å². The van der Waals surface area contributed by atoms with Gasteiger partial charge in [0, 0.05) is 17.6 Å². The molecule has 0 aromatic heterocycles. The van der Waals surface area contributed by atoms with Gasteiger partial charge in [-0.2, -0.15) is 0 Å². The largest absolute Gasteiger partial charge is 0.496 e. The lowest BCUT2D eigenvalue weighted by atomic mass is 10.1. The van der Waals surface area contributed by atoms with E-state index in [0.717, 1.165) is 6.07 Å². The third kappa shape index (κ3) is 4.12. The van der Waals surface area contributed by atoms with Crippen LogP contribution in [0.3, 0.4) is 0 Å². The second-order valence-electron chi connectivity index (χ2n) is 3.61. The monoisotopic (exact) mass is 284 g/mol. The van der Waals surface area contributed by atoms with Crippen molar-refractivity contribution in [3.05, 3.63) is 29.3 Å². The van der Waals surface area contributed by atoms with Crippen molar-refractivity contribution in [1.82, 2.24) is 0 Å². The van der Waals surface area contributed by atoms with E-state index >= 15 is 0 Å². The number of alkyl halides is 2. The van der Waals surface area contributed by atoms with E-state index in [1.54, 1.807) is 0 Å². The fraction of sp³-hybridized carbons (Fsp3) is 0.400. The van der Waals surface area contributed by atoms with Gasteiger partial charge in [-0.3, -0.25) is 0 Å². The molecule has 0 fully saturated rings. The van der Waals surface area contributed by atoms with E-state index in [0.29, 0.717) is 6.92 Å². The van der Waals surface area contributed by atoms with Crippen LogP contribution < -0.4 is 4.74 Å². The summed E-state index contributed by atoms with van der Waals surface area (Å²) in [6.07, 6.45) is 0. The average Bonchev–Trinajstić information content (AvgIpc) is 2.13. The van der Waals surface area contributed by atoms with Crippen LogP contribution in [-0.2, 0) is 20.7 Å². The first-order chi connectivity index (χ1) is 7.63. The van der Waals surface area contributed by atoms with Crippen molar-refractivity contribution in [3.63, 3.8) is 0 Å². The predicted octanol–water partition coefficient (Wildman–Crippen LogP) is 2.88. The summed E-state index contributed by atoms with van der Waals surface area (Å²) < 4.78 is 53.0. The van der Waals surface area contributed by atoms with E-state index in [1.165, 1.54) is 19.2 Å². The van der Waals surface area contributed by atoms with E-state index in [1.807, 2.05) is 0 Å². The van der Waals surface area contributed by atoms with Gasteiger partial charge >= 0.3 is 0 Å². The number of ether oxygens (including phenoxy) is 1. The highest BCUT2D eigenvalue weighted by atomic mass is 35.7. The molecule has 0 saturated heterocycles. The van der Waals surface area contributed by atoms with Crippen molar-refractivity contribution < 1.29 is 21.9 Å². The summed E-state index contributed by atoms with van der Waals surface area (Å²) in [5.41, 5.74) is -0.171. The Hall–Kier alpha value is -0.880. The molecule has 96 valence electrons. The Morgan fingerprint density at radius 2 is 2.00 bits per heavy atom. The second kappa shape index (κ2) is 4.78. The Kier molecular flexibility index (Phi) is 3.99. The Balaban J connectivity index is 3.23. The molecule has 0 spiro atoms. The van der Waals surface area contributed by atoms with Crippen LogP contribution in [0.4, 0.5) is 8.78 Å². The fourth-order valence-corrected chi connectivity index (χ4v) is 2.34. The first-order valence-electron chi connectivity index (χ1n) is 4.61. The minimum atomic E-state index is -3.77. The zero-order valence-electron chi connectivity index (χ0n) is 9.21. The summed E-state index contributed by atoms with van der Waals surface area (Å²) in [5, 5.41) is 0. The summed E-state index contributed by atoms with van der Waals surface area (Å²) in [7, 11) is 2.56. The Labute approximate surface area is 103 Å². The average molecular weight is 285 g/mol. The summed E-state index contributed by atoms with van der Waals surface area (Å²) in [4.78, 5) is 0. The molecule has 0 N–H and O–H groups in total. The zero-order chi connectivity index (χ0) is 13.3. The van der Waals surface area contributed by atoms with Gasteiger partial charge < -0.3 is 4.74 Å². The standard InChI is InChI=1S/C10H11ClF2O3S/c1-10(12,13)8-5-7(6-17(11,14)15)3-4-9(8)16-2/h3-5H,6H2,1-2H3. The van der Waals surface area contributed by atoms with E-state index in [-0.39, 0.29) is 16.9 Å². The molecule has 1 aromatic carbocycles. The molecule has 0 aliphatic rings. The molecule has 0 bridgehead atoms. The Bertz CT molecular complexity index is 509. The number of hydrogen-bond acceptors (Lipinski definition) is 3. The molecule has 0 aliphatic carbocycles. The van der Waals surface area contributed by atoms with E-state index in [9.17, 15) is 17.2 Å². The highest BCUT2D eigenvalue weighted by molar-refractivity contribution is 8.13. The maximum absolute atomic E-state index is 13.3. The molecular formula is C10H11ClF2O3S. The third-order valence-corrected chi connectivity index (χ3v) is 3.08. The van der Waals surface area contributed by atoms with Crippen molar-refractivity contribution in [2.45, 2.75) is 18.6 Å². The SMILES string of the molecule is COc1ccc(CS(=O)(=O)Cl)cc1C(C)(F)F. The molecular weight excluding hydrogens is 274 g/mol. The van der Waals surface area contributed by atoms with Crippen molar-refractivity contribution in [1.29, 1.82) is 0 Å².